The van der Waals surface area contributed by atoms with E-state index < -0.39 is 16.1 Å². The molecule has 0 saturated carbocycles. The Balaban J connectivity index is 1.86. The molecule has 1 aliphatic heterocycles. The van der Waals surface area contributed by atoms with Gasteiger partial charge in [-0.1, -0.05) is 12.1 Å². The van der Waals surface area contributed by atoms with Crippen molar-refractivity contribution in [3.63, 3.8) is 0 Å². The van der Waals surface area contributed by atoms with Gasteiger partial charge in [-0.05, 0) is 70.9 Å². The summed E-state index contributed by atoms with van der Waals surface area (Å²) in [6, 6.07) is 9.35. The van der Waals surface area contributed by atoms with Gasteiger partial charge < -0.3 is 9.47 Å². The Kier molecular flexibility index (Phi) is 7.01. The topological polar surface area (TPSA) is 99.0 Å². The molecule has 162 valence electrons. The van der Waals surface area contributed by atoms with Gasteiger partial charge in [-0.15, -0.1) is 0 Å². The molecule has 2 aromatic carbocycles. The highest BCUT2D eigenvalue weighted by Gasteiger charge is 2.35. The van der Waals surface area contributed by atoms with Crippen LogP contribution in [0.3, 0.4) is 0 Å². The number of thioether (sulfide) groups is 1. The molecule has 0 bridgehead atoms. The molecule has 0 aromatic heterocycles. The molecule has 0 unspecified atom stereocenters. The van der Waals surface area contributed by atoms with Crippen LogP contribution in [0.25, 0.3) is 6.08 Å². The number of hydrogen-bond donors (Lipinski definition) is 0. The van der Waals surface area contributed by atoms with Gasteiger partial charge in [-0.3, -0.25) is 24.6 Å². The number of imide groups is 1. The smallest absolute Gasteiger partial charge is 0.293 e. The number of carbonyl (C=O) groups is 2. The van der Waals surface area contributed by atoms with Crippen LogP contribution in [0.4, 0.5) is 10.5 Å². The first-order valence-corrected chi connectivity index (χ1v) is 10.8. The van der Waals surface area contributed by atoms with Crippen LogP contribution in [0.5, 0.6) is 11.5 Å². The van der Waals surface area contributed by atoms with Crippen LogP contribution in [-0.2, 0) is 11.3 Å². The Labute approximate surface area is 191 Å². The van der Waals surface area contributed by atoms with Crippen LogP contribution in [0.1, 0.15) is 25.0 Å². The molecule has 10 heteroatoms. The van der Waals surface area contributed by atoms with E-state index in [4.69, 9.17) is 9.47 Å². The Bertz CT molecular complexity index is 1090. The van der Waals surface area contributed by atoms with E-state index in [0.29, 0.717) is 27.1 Å². The molecule has 0 aliphatic carbocycles. The largest absolute Gasteiger partial charge is 0.493 e. The molecule has 3 rings (SSSR count). The lowest BCUT2D eigenvalue weighted by atomic mass is 10.1. The summed E-state index contributed by atoms with van der Waals surface area (Å²) in [5.74, 6) is 0.581. The summed E-state index contributed by atoms with van der Waals surface area (Å²) < 4.78 is 11.8. The van der Waals surface area contributed by atoms with Crippen molar-refractivity contribution in [1.82, 2.24) is 4.90 Å². The minimum atomic E-state index is -0.519. The third-order valence-corrected chi connectivity index (χ3v) is 5.74. The normalized spacial score (nSPS) is 15.1. The zero-order valence-corrected chi connectivity index (χ0v) is 19.4. The van der Waals surface area contributed by atoms with Crippen molar-refractivity contribution in [3.05, 3.63) is 67.0 Å². The van der Waals surface area contributed by atoms with E-state index in [1.807, 2.05) is 13.8 Å². The SMILES string of the molecule is COc1cc(/C=C2/SC(=O)N(Cc3cccc([N+](=O)[O-])c3)C2=O)cc(Br)c1OC(C)C. The van der Waals surface area contributed by atoms with E-state index in [1.165, 1.54) is 25.3 Å². The highest BCUT2D eigenvalue weighted by atomic mass is 79.9. The summed E-state index contributed by atoms with van der Waals surface area (Å²) in [4.78, 5) is 37.0. The van der Waals surface area contributed by atoms with Gasteiger partial charge in [0.1, 0.15) is 0 Å². The van der Waals surface area contributed by atoms with Crippen LogP contribution in [0.2, 0.25) is 0 Å². The maximum absolute atomic E-state index is 12.8. The lowest BCUT2D eigenvalue weighted by Gasteiger charge is -2.16. The molecule has 1 fully saturated rings. The van der Waals surface area contributed by atoms with Crippen LogP contribution < -0.4 is 9.47 Å². The second-order valence-electron chi connectivity index (χ2n) is 6.90. The average molecular weight is 507 g/mol. The summed E-state index contributed by atoms with van der Waals surface area (Å²) in [6.07, 6.45) is 1.55. The third kappa shape index (κ3) is 5.26. The Morgan fingerprint density at radius 3 is 2.65 bits per heavy atom. The number of carbonyl (C=O) groups excluding carboxylic acids is 2. The molecule has 0 atom stereocenters. The van der Waals surface area contributed by atoms with Crippen molar-refractivity contribution in [3.8, 4) is 11.5 Å². The number of non-ortho nitro benzene ring substituents is 1. The molecule has 0 N–H and O–H groups in total. The summed E-state index contributed by atoms with van der Waals surface area (Å²) >= 11 is 4.28. The molecule has 0 radical (unpaired) electrons. The monoisotopic (exact) mass is 506 g/mol. The third-order valence-electron chi connectivity index (χ3n) is 4.24. The van der Waals surface area contributed by atoms with Crippen molar-refractivity contribution in [2.24, 2.45) is 0 Å². The molecule has 8 nitrogen and oxygen atoms in total. The number of amides is 2. The molecular weight excluding hydrogens is 488 g/mol. The number of rotatable bonds is 7. The maximum Gasteiger partial charge on any atom is 0.293 e. The Morgan fingerprint density at radius 1 is 1.26 bits per heavy atom. The summed E-state index contributed by atoms with van der Waals surface area (Å²) in [6.45, 7) is 3.76. The van der Waals surface area contributed by atoms with E-state index in [1.54, 1.807) is 24.3 Å². The van der Waals surface area contributed by atoms with E-state index in [2.05, 4.69) is 15.9 Å². The second kappa shape index (κ2) is 9.52. The maximum atomic E-state index is 12.8. The first kappa shape index (κ1) is 22.8. The lowest BCUT2D eigenvalue weighted by molar-refractivity contribution is -0.384. The molecule has 1 aliphatic rings. The second-order valence-corrected chi connectivity index (χ2v) is 8.74. The minimum absolute atomic E-state index is 0.0438. The molecule has 1 saturated heterocycles. The van der Waals surface area contributed by atoms with Gasteiger partial charge in [-0.2, -0.15) is 0 Å². The fraction of sp³-hybridized carbons (Fsp3) is 0.238. The zero-order valence-electron chi connectivity index (χ0n) is 17.0. The first-order chi connectivity index (χ1) is 14.7. The van der Waals surface area contributed by atoms with Crippen molar-refractivity contribution in [1.29, 1.82) is 0 Å². The molecular formula is C21H19BrN2O6S. The van der Waals surface area contributed by atoms with Crippen molar-refractivity contribution in [2.45, 2.75) is 26.5 Å². The van der Waals surface area contributed by atoms with Gasteiger partial charge in [0.15, 0.2) is 11.5 Å². The fourth-order valence-electron chi connectivity index (χ4n) is 2.91. The number of benzene rings is 2. The standard InChI is InChI=1S/C21H19BrN2O6S/c1-12(2)30-19-16(22)8-14(9-17(19)29-3)10-18-20(25)23(21(26)31-18)11-13-5-4-6-15(7-13)24(27)28/h4-10,12H,11H2,1-3H3/b18-10+. The molecule has 2 aromatic rings. The Morgan fingerprint density at radius 2 is 2.00 bits per heavy atom. The number of hydrogen-bond acceptors (Lipinski definition) is 7. The quantitative estimate of drug-likeness (QED) is 0.282. The molecule has 31 heavy (non-hydrogen) atoms. The predicted octanol–water partition coefficient (Wildman–Crippen LogP) is 5.39. The zero-order chi connectivity index (χ0) is 22.7. The van der Waals surface area contributed by atoms with E-state index >= 15 is 0 Å². The highest BCUT2D eigenvalue weighted by Crippen LogP contribution is 2.39. The van der Waals surface area contributed by atoms with Gasteiger partial charge >= 0.3 is 0 Å². The van der Waals surface area contributed by atoms with Crippen molar-refractivity contribution < 1.29 is 24.0 Å². The number of nitro groups is 1. The van der Waals surface area contributed by atoms with E-state index in [9.17, 15) is 19.7 Å². The highest BCUT2D eigenvalue weighted by molar-refractivity contribution is 9.10. The molecule has 0 spiro atoms. The summed E-state index contributed by atoms with van der Waals surface area (Å²) in [5.41, 5.74) is 1.05. The van der Waals surface area contributed by atoms with Crippen molar-refractivity contribution >= 4 is 50.6 Å². The first-order valence-electron chi connectivity index (χ1n) is 9.22. The Hall–Kier alpha value is -2.85. The predicted molar refractivity (Wildman–Crippen MR) is 121 cm³/mol. The minimum Gasteiger partial charge on any atom is -0.493 e. The van der Waals surface area contributed by atoms with Gasteiger partial charge in [0.05, 0.1) is 34.1 Å². The van der Waals surface area contributed by atoms with Gasteiger partial charge in [0.25, 0.3) is 16.8 Å². The number of nitro benzene ring substituents is 1. The van der Waals surface area contributed by atoms with Gasteiger partial charge in [0.2, 0.25) is 0 Å². The van der Waals surface area contributed by atoms with Crippen LogP contribution in [-0.4, -0.2) is 34.2 Å². The lowest BCUT2D eigenvalue weighted by Crippen LogP contribution is -2.27. The van der Waals surface area contributed by atoms with Crippen LogP contribution >= 0.6 is 27.7 Å². The molecule has 2 amide bonds. The number of ether oxygens (including phenoxy) is 2. The number of halogens is 1. The van der Waals surface area contributed by atoms with E-state index in [-0.39, 0.29) is 23.2 Å². The summed E-state index contributed by atoms with van der Waals surface area (Å²) in [7, 11) is 1.52. The summed E-state index contributed by atoms with van der Waals surface area (Å²) in [5, 5.41) is 10.5. The van der Waals surface area contributed by atoms with E-state index in [0.717, 1.165) is 16.7 Å². The van der Waals surface area contributed by atoms with Gasteiger partial charge in [0, 0.05) is 12.1 Å². The number of methoxy groups -OCH3 is 1. The number of nitrogens with zero attached hydrogens (tertiary/aromatic N) is 2. The van der Waals surface area contributed by atoms with Crippen LogP contribution in [0, 0.1) is 10.1 Å². The van der Waals surface area contributed by atoms with Crippen molar-refractivity contribution in [2.75, 3.05) is 7.11 Å². The fourth-order valence-corrected chi connectivity index (χ4v) is 4.30. The van der Waals surface area contributed by atoms with Crippen LogP contribution in [0.15, 0.2) is 45.8 Å². The molecule has 1 heterocycles. The average Bonchev–Trinajstić information content (AvgIpc) is 2.97. The van der Waals surface area contributed by atoms with Gasteiger partial charge in [-0.25, -0.2) is 0 Å².